The quantitative estimate of drug-likeness (QED) is 0.367. The molecular weight excluding hydrogens is 294 g/mol. The summed E-state index contributed by atoms with van der Waals surface area (Å²) < 4.78 is 5.59. The zero-order chi connectivity index (χ0) is 16.3. The van der Waals surface area contributed by atoms with E-state index < -0.39 is 0 Å². The van der Waals surface area contributed by atoms with E-state index in [2.05, 4.69) is 37.7 Å². The highest BCUT2D eigenvalue weighted by Crippen LogP contribution is 2.41. The lowest BCUT2D eigenvalue weighted by Gasteiger charge is -2.27. The van der Waals surface area contributed by atoms with Gasteiger partial charge in [-0.3, -0.25) is 4.99 Å². The van der Waals surface area contributed by atoms with Crippen LogP contribution in [0.15, 0.2) is 4.99 Å². The van der Waals surface area contributed by atoms with E-state index in [1.807, 2.05) is 11.8 Å². The number of nitrogens with one attached hydrogen (secondary N) is 2. The summed E-state index contributed by atoms with van der Waals surface area (Å²) in [5.41, 5.74) is 0.364. The molecule has 0 spiro atoms. The van der Waals surface area contributed by atoms with Crippen molar-refractivity contribution in [3.8, 4) is 0 Å². The van der Waals surface area contributed by atoms with Crippen molar-refractivity contribution in [3.63, 3.8) is 0 Å². The molecule has 130 valence electrons. The first-order chi connectivity index (χ1) is 10.7. The van der Waals surface area contributed by atoms with Crippen molar-refractivity contribution in [1.29, 1.82) is 0 Å². The summed E-state index contributed by atoms with van der Waals surface area (Å²) in [6, 6.07) is 0. The predicted octanol–water partition coefficient (Wildman–Crippen LogP) is 3.28. The van der Waals surface area contributed by atoms with Crippen LogP contribution in [-0.2, 0) is 4.74 Å². The van der Waals surface area contributed by atoms with E-state index in [1.54, 1.807) is 0 Å². The molecule has 0 aromatic rings. The SMILES string of the molecule is CCNC(=NCC1(CCOCC)CCCC1)NCC(C)SC. The molecule has 0 radical (unpaired) electrons. The van der Waals surface area contributed by atoms with Gasteiger partial charge in [0.2, 0.25) is 0 Å². The Labute approximate surface area is 141 Å². The Balaban J connectivity index is 2.55. The highest BCUT2D eigenvalue weighted by Gasteiger charge is 2.33. The molecule has 0 aromatic heterocycles. The van der Waals surface area contributed by atoms with Crippen molar-refractivity contribution >= 4 is 17.7 Å². The summed E-state index contributed by atoms with van der Waals surface area (Å²) >= 11 is 1.88. The van der Waals surface area contributed by atoms with Crippen LogP contribution in [0, 0.1) is 5.41 Å². The first kappa shape index (κ1) is 19.6. The molecule has 0 aromatic carbocycles. The summed E-state index contributed by atoms with van der Waals surface area (Å²) in [6.45, 7) is 10.9. The van der Waals surface area contributed by atoms with Gasteiger partial charge in [-0.1, -0.05) is 19.8 Å². The predicted molar refractivity (Wildman–Crippen MR) is 99.0 cm³/mol. The third-order valence-electron chi connectivity index (χ3n) is 4.52. The van der Waals surface area contributed by atoms with Gasteiger partial charge in [0.05, 0.1) is 0 Å². The third kappa shape index (κ3) is 7.23. The van der Waals surface area contributed by atoms with E-state index in [4.69, 9.17) is 9.73 Å². The molecule has 2 N–H and O–H groups in total. The minimum atomic E-state index is 0.364. The van der Waals surface area contributed by atoms with Crippen molar-refractivity contribution < 1.29 is 4.74 Å². The Morgan fingerprint density at radius 3 is 2.59 bits per heavy atom. The zero-order valence-corrected chi connectivity index (χ0v) is 15.7. The molecule has 1 aliphatic rings. The van der Waals surface area contributed by atoms with Gasteiger partial charge in [-0.25, -0.2) is 0 Å². The molecule has 1 aliphatic carbocycles. The number of rotatable bonds is 10. The maximum absolute atomic E-state index is 5.59. The van der Waals surface area contributed by atoms with Gasteiger partial charge >= 0.3 is 0 Å². The van der Waals surface area contributed by atoms with Crippen LogP contribution in [0.4, 0.5) is 0 Å². The van der Waals surface area contributed by atoms with E-state index >= 15 is 0 Å². The van der Waals surface area contributed by atoms with Gasteiger partial charge in [0.15, 0.2) is 5.96 Å². The molecule has 1 fully saturated rings. The maximum Gasteiger partial charge on any atom is 0.191 e. The Morgan fingerprint density at radius 2 is 2.00 bits per heavy atom. The van der Waals surface area contributed by atoms with Crippen LogP contribution in [0.1, 0.15) is 52.9 Å². The normalized spacial score (nSPS) is 19.2. The van der Waals surface area contributed by atoms with Crippen LogP contribution in [0.5, 0.6) is 0 Å². The lowest BCUT2D eigenvalue weighted by atomic mass is 9.83. The Bertz CT molecular complexity index is 317. The van der Waals surface area contributed by atoms with Crippen LogP contribution < -0.4 is 10.6 Å². The van der Waals surface area contributed by atoms with Crippen molar-refractivity contribution in [2.75, 3.05) is 39.1 Å². The highest BCUT2D eigenvalue weighted by molar-refractivity contribution is 7.99. The van der Waals surface area contributed by atoms with Crippen molar-refractivity contribution in [1.82, 2.24) is 10.6 Å². The first-order valence-electron chi connectivity index (χ1n) is 8.78. The molecule has 1 rings (SSSR count). The summed E-state index contributed by atoms with van der Waals surface area (Å²) in [7, 11) is 0. The molecule has 1 atom stereocenters. The number of aliphatic imine (C=N–C) groups is 1. The van der Waals surface area contributed by atoms with Crippen molar-refractivity contribution in [3.05, 3.63) is 0 Å². The lowest BCUT2D eigenvalue weighted by molar-refractivity contribution is 0.107. The summed E-state index contributed by atoms with van der Waals surface area (Å²) in [5.74, 6) is 0.964. The summed E-state index contributed by atoms with van der Waals surface area (Å²) in [6.07, 6.45) is 8.57. The fraction of sp³-hybridized carbons (Fsp3) is 0.941. The van der Waals surface area contributed by atoms with Gasteiger partial charge in [-0.15, -0.1) is 0 Å². The smallest absolute Gasteiger partial charge is 0.191 e. The molecule has 0 heterocycles. The second-order valence-electron chi connectivity index (χ2n) is 6.28. The number of thioether (sulfide) groups is 1. The highest BCUT2D eigenvalue weighted by atomic mass is 32.2. The van der Waals surface area contributed by atoms with Crippen molar-refractivity contribution in [2.45, 2.75) is 58.1 Å². The molecule has 0 saturated heterocycles. The van der Waals surface area contributed by atoms with E-state index in [9.17, 15) is 0 Å². The van der Waals surface area contributed by atoms with E-state index in [1.165, 1.54) is 25.7 Å². The number of nitrogens with zero attached hydrogens (tertiary/aromatic N) is 1. The molecule has 5 heteroatoms. The van der Waals surface area contributed by atoms with E-state index in [0.717, 1.165) is 45.2 Å². The van der Waals surface area contributed by atoms with Gasteiger partial charge in [0.1, 0.15) is 0 Å². The topological polar surface area (TPSA) is 45.7 Å². The van der Waals surface area contributed by atoms with Crippen LogP contribution in [0.2, 0.25) is 0 Å². The van der Waals surface area contributed by atoms with Crippen molar-refractivity contribution in [2.24, 2.45) is 10.4 Å². The molecule has 0 amide bonds. The molecule has 0 bridgehead atoms. The van der Waals surface area contributed by atoms with Crippen LogP contribution in [0.3, 0.4) is 0 Å². The van der Waals surface area contributed by atoms with Crippen LogP contribution in [0.25, 0.3) is 0 Å². The fourth-order valence-corrected chi connectivity index (χ4v) is 3.21. The number of hydrogen-bond donors (Lipinski definition) is 2. The van der Waals surface area contributed by atoms with Gasteiger partial charge < -0.3 is 15.4 Å². The average molecular weight is 330 g/mol. The van der Waals surface area contributed by atoms with Crippen LogP contribution in [-0.4, -0.2) is 50.3 Å². The Kier molecular flexibility index (Phi) is 9.96. The van der Waals surface area contributed by atoms with Gasteiger partial charge in [0, 0.05) is 38.1 Å². The van der Waals surface area contributed by atoms with E-state index in [-0.39, 0.29) is 0 Å². The number of guanidine groups is 1. The largest absolute Gasteiger partial charge is 0.382 e. The fourth-order valence-electron chi connectivity index (χ4n) is 2.96. The average Bonchev–Trinajstić information content (AvgIpc) is 2.99. The number of ether oxygens (including phenoxy) is 1. The minimum Gasteiger partial charge on any atom is -0.382 e. The molecule has 1 saturated carbocycles. The first-order valence-corrected chi connectivity index (χ1v) is 10.1. The van der Waals surface area contributed by atoms with Gasteiger partial charge in [-0.2, -0.15) is 11.8 Å². The maximum atomic E-state index is 5.59. The molecule has 22 heavy (non-hydrogen) atoms. The molecular formula is C17H35N3OS. The monoisotopic (exact) mass is 329 g/mol. The Morgan fingerprint density at radius 1 is 1.27 bits per heavy atom. The summed E-state index contributed by atoms with van der Waals surface area (Å²) in [4.78, 5) is 4.88. The third-order valence-corrected chi connectivity index (χ3v) is 5.49. The molecule has 1 unspecified atom stereocenters. The van der Waals surface area contributed by atoms with Gasteiger partial charge in [0.25, 0.3) is 0 Å². The van der Waals surface area contributed by atoms with Gasteiger partial charge in [-0.05, 0) is 44.8 Å². The van der Waals surface area contributed by atoms with Crippen LogP contribution >= 0.6 is 11.8 Å². The second kappa shape index (κ2) is 11.2. The molecule has 4 nitrogen and oxygen atoms in total. The molecule has 0 aliphatic heterocycles. The van der Waals surface area contributed by atoms with E-state index in [0.29, 0.717) is 10.7 Å². The lowest BCUT2D eigenvalue weighted by Crippen LogP contribution is -2.41. The zero-order valence-electron chi connectivity index (χ0n) is 14.9. The Hall–Kier alpha value is -0.420. The minimum absolute atomic E-state index is 0.364. The second-order valence-corrected chi connectivity index (χ2v) is 7.55. The summed E-state index contributed by atoms with van der Waals surface area (Å²) in [5, 5.41) is 7.43. The standard InChI is InChI=1S/C17H35N3OS/c1-5-18-16(19-13-15(3)22-4)20-14-17(9-7-8-10-17)11-12-21-6-2/h15H,5-14H2,1-4H3,(H2,18,19,20). The number of hydrogen-bond acceptors (Lipinski definition) is 3.